The van der Waals surface area contributed by atoms with Crippen molar-refractivity contribution in [1.82, 2.24) is 0 Å². The van der Waals surface area contributed by atoms with Gasteiger partial charge in [0.1, 0.15) is 11.9 Å². The molecule has 0 fully saturated rings. The average Bonchev–Trinajstić information content (AvgIpc) is 2.38. The van der Waals surface area contributed by atoms with E-state index in [2.05, 4.69) is 6.58 Å². The monoisotopic (exact) mass is 278 g/mol. The number of hydrogen-bond donors (Lipinski definition) is 1. The Morgan fingerprint density at radius 1 is 1.25 bits per heavy atom. The Morgan fingerprint density at radius 3 is 2.35 bits per heavy atom. The van der Waals surface area contributed by atoms with E-state index in [1.165, 1.54) is 12.1 Å². The van der Waals surface area contributed by atoms with Crippen molar-refractivity contribution in [2.45, 2.75) is 32.5 Å². The number of aromatic carboxylic acids is 1. The highest BCUT2D eigenvalue weighted by atomic mass is 16.5. The van der Waals surface area contributed by atoms with E-state index in [4.69, 9.17) is 14.6 Å². The number of benzene rings is 1. The number of rotatable bonds is 7. The summed E-state index contributed by atoms with van der Waals surface area (Å²) < 4.78 is 10.7. The number of ether oxygens (including phenoxy) is 2. The van der Waals surface area contributed by atoms with Crippen molar-refractivity contribution >= 4 is 11.9 Å². The average molecular weight is 278 g/mol. The minimum absolute atomic E-state index is 0.168. The standard InChI is InChI=1S/C15H18O5/c1-4-14(16)20-11(3)9-10(2)19-13-7-5-12(6-8-13)15(17)18/h4-8,10-11H,1,9H2,2-3H3,(H,17,18)/t10-,11+/m0/s1. The molecule has 1 aromatic carbocycles. The third kappa shape index (κ3) is 5.14. The van der Waals surface area contributed by atoms with Crippen molar-refractivity contribution in [3.05, 3.63) is 42.5 Å². The summed E-state index contributed by atoms with van der Waals surface area (Å²) in [6, 6.07) is 6.15. The maximum atomic E-state index is 11.0. The summed E-state index contributed by atoms with van der Waals surface area (Å²) in [6.07, 6.45) is 1.19. The molecule has 0 aliphatic carbocycles. The fourth-order valence-corrected chi connectivity index (χ4v) is 1.72. The third-order valence-electron chi connectivity index (χ3n) is 2.59. The van der Waals surface area contributed by atoms with Gasteiger partial charge in [0.05, 0.1) is 11.7 Å². The molecule has 0 amide bonds. The number of carboxylic acid groups (broad SMARTS) is 1. The van der Waals surface area contributed by atoms with Crippen LogP contribution in [0.4, 0.5) is 0 Å². The van der Waals surface area contributed by atoms with E-state index in [1.807, 2.05) is 6.92 Å². The molecule has 0 bridgehead atoms. The van der Waals surface area contributed by atoms with Crippen LogP contribution in [0.3, 0.4) is 0 Å². The van der Waals surface area contributed by atoms with Crippen LogP contribution < -0.4 is 4.74 Å². The largest absolute Gasteiger partial charge is 0.491 e. The maximum Gasteiger partial charge on any atom is 0.335 e. The SMILES string of the molecule is C=CC(=O)O[C@H](C)C[C@H](C)Oc1ccc(C(=O)O)cc1. The lowest BCUT2D eigenvalue weighted by Gasteiger charge is -2.19. The van der Waals surface area contributed by atoms with Gasteiger partial charge in [0.15, 0.2) is 0 Å². The molecule has 1 aromatic rings. The summed E-state index contributed by atoms with van der Waals surface area (Å²) in [5, 5.41) is 8.79. The van der Waals surface area contributed by atoms with Crippen LogP contribution in [0, 0.1) is 0 Å². The quantitative estimate of drug-likeness (QED) is 0.613. The molecule has 108 valence electrons. The molecule has 0 aliphatic rings. The van der Waals surface area contributed by atoms with E-state index in [0.717, 1.165) is 6.08 Å². The van der Waals surface area contributed by atoms with E-state index >= 15 is 0 Å². The molecule has 0 aliphatic heterocycles. The zero-order chi connectivity index (χ0) is 15.1. The minimum Gasteiger partial charge on any atom is -0.491 e. The van der Waals surface area contributed by atoms with Crippen LogP contribution in [-0.2, 0) is 9.53 Å². The Morgan fingerprint density at radius 2 is 1.85 bits per heavy atom. The van der Waals surface area contributed by atoms with Gasteiger partial charge in [-0.05, 0) is 38.1 Å². The van der Waals surface area contributed by atoms with Gasteiger partial charge in [-0.1, -0.05) is 6.58 Å². The molecule has 0 aromatic heterocycles. The van der Waals surface area contributed by atoms with Crippen molar-refractivity contribution in [1.29, 1.82) is 0 Å². The summed E-state index contributed by atoms with van der Waals surface area (Å²) in [7, 11) is 0. The molecule has 0 spiro atoms. The first kappa shape index (κ1) is 15.8. The van der Waals surface area contributed by atoms with Gasteiger partial charge in [-0.3, -0.25) is 0 Å². The fraction of sp³-hybridized carbons (Fsp3) is 0.333. The number of hydrogen-bond acceptors (Lipinski definition) is 4. The highest BCUT2D eigenvalue weighted by Crippen LogP contribution is 2.16. The number of esters is 1. The molecule has 0 unspecified atom stereocenters. The lowest BCUT2D eigenvalue weighted by molar-refractivity contribution is -0.143. The van der Waals surface area contributed by atoms with Crippen LogP contribution in [0.25, 0.3) is 0 Å². The molecule has 0 heterocycles. The Hall–Kier alpha value is -2.30. The van der Waals surface area contributed by atoms with Crippen molar-refractivity contribution in [2.75, 3.05) is 0 Å². The molecule has 20 heavy (non-hydrogen) atoms. The van der Waals surface area contributed by atoms with E-state index in [0.29, 0.717) is 12.2 Å². The van der Waals surface area contributed by atoms with E-state index in [-0.39, 0.29) is 17.8 Å². The lowest BCUT2D eigenvalue weighted by atomic mass is 10.2. The van der Waals surface area contributed by atoms with Crippen LogP contribution in [-0.4, -0.2) is 29.3 Å². The molecule has 5 nitrogen and oxygen atoms in total. The number of carboxylic acids is 1. The van der Waals surface area contributed by atoms with Gasteiger partial charge in [-0.25, -0.2) is 9.59 Å². The molecule has 0 radical (unpaired) electrons. The Kier molecular flexibility index (Phi) is 5.77. The zero-order valence-electron chi connectivity index (χ0n) is 11.5. The number of carbonyl (C=O) groups is 2. The highest BCUT2D eigenvalue weighted by molar-refractivity contribution is 5.87. The predicted octanol–water partition coefficient (Wildman–Crippen LogP) is 2.66. The second-order valence-corrected chi connectivity index (χ2v) is 4.45. The van der Waals surface area contributed by atoms with Gasteiger partial charge in [-0.2, -0.15) is 0 Å². The van der Waals surface area contributed by atoms with Crippen molar-refractivity contribution < 1.29 is 24.2 Å². The Bertz CT molecular complexity index is 478. The molecule has 2 atom stereocenters. The molecule has 5 heteroatoms. The summed E-state index contributed by atoms with van der Waals surface area (Å²) in [5.74, 6) is -0.866. The number of carbonyl (C=O) groups excluding carboxylic acids is 1. The summed E-state index contributed by atoms with van der Waals surface area (Å²) in [5.41, 5.74) is 0.207. The molecule has 0 saturated heterocycles. The Balaban J connectivity index is 2.49. The van der Waals surface area contributed by atoms with Crippen LogP contribution in [0.15, 0.2) is 36.9 Å². The van der Waals surface area contributed by atoms with E-state index in [1.54, 1.807) is 19.1 Å². The normalized spacial score (nSPS) is 13.1. The van der Waals surface area contributed by atoms with Gasteiger partial charge in [0.2, 0.25) is 0 Å². The molecule has 1 N–H and O–H groups in total. The first-order valence-electron chi connectivity index (χ1n) is 6.25. The van der Waals surface area contributed by atoms with Crippen molar-refractivity contribution in [2.24, 2.45) is 0 Å². The summed E-state index contributed by atoms with van der Waals surface area (Å²) in [6.45, 7) is 6.95. The van der Waals surface area contributed by atoms with Crippen molar-refractivity contribution in [3.8, 4) is 5.75 Å². The second-order valence-electron chi connectivity index (χ2n) is 4.45. The van der Waals surface area contributed by atoms with Gasteiger partial charge >= 0.3 is 11.9 Å². The van der Waals surface area contributed by atoms with E-state index < -0.39 is 11.9 Å². The first-order valence-corrected chi connectivity index (χ1v) is 6.25. The van der Waals surface area contributed by atoms with Crippen molar-refractivity contribution in [3.63, 3.8) is 0 Å². The topological polar surface area (TPSA) is 72.8 Å². The zero-order valence-corrected chi connectivity index (χ0v) is 11.5. The lowest BCUT2D eigenvalue weighted by Crippen LogP contribution is -2.22. The van der Waals surface area contributed by atoms with Gasteiger partial charge in [-0.15, -0.1) is 0 Å². The first-order chi connectivity index (χ1) is 9.42. The predicted molar refractivity (Wildman–Crippen MR) is 73.9 cm³/mol. The molecule has 1 rings (SSSR count). The smallest absolute Gasteiger partial charge is 0.335 e. The summed E-state index contributed by atoms with van der Waals surface area (Å²) >= 11 is 0. The third-order valence-corrected chi connectivity index (χ3v) is 2.59. The Labute approximate surface area is 117 Å². The molecule has 0 saturated carbocycles. The molecular weight excluding hydrogens is 260 g/mol. The molecular formula is C15H18O5. The summed E-state index contributed by atoms with van der Waals surface area (Å²) in [4.78, 5) is 21.7. The van der Waals surface area contributed by atoms with Crippen LogP contribution in [0.1, 0.15) is 30.6 Å². The van der Waals surface area contributed by atoms with Crippen LogP contribution in [0.2, 0.25) is 0 Å². The maximum absolute atomic E-state index is 11.0. The highest BCUT2D eigenvalue weighted by Gasteiger charge is 2.13. The second kappa shape index (κ2) is 7.33. The van der Waals surface area contributed by atoms with Crippen LogP contribution >= 0.6 is 0 Å². The minimum atomic E-state index is -0.977. The fourth-order valence-electron chi connectivity index (χ4n) is 1.72. The van der Waals surface area contributed by atoms with Gasteiger partial charge in [0.25, 0.3) is 0 Å². The van der Waals surface area contributed by atoms with E-state index in [9.17, 15) is 9.59 Å². The van der Waals surface area contributed by atoms with Crippen LogP contribution in [0.5, 0.6) is 5.75 Å². The van der Waals surface area contributed by atoms with Gasteiger partial charge in [0, 0.05) is 12.5 Å². The van der Waals surface area contributed by atoms with Gasteiger partial charge < -0.3 is 14.6 Å².